The van der Waals surface area contributed by atoms with Crippen LogP contribution in [0.3, 0.4) is 0 Å². The van der Waals surface area contributed by atoms with Crippen molar-refractivity contribution < 1.29 is 4.79 Å². The summed E-state index contributed by atoms with van der Waals surface area (Å²) in [6.07, 6.45) is 3.54. The summed E-state index contributed by atoms with van der Waals surface area (Å²) < 4.78 is 1.86. The SMILES string of the molecule is Cc1ccc(NC(=O)c2cnn(-c3ccc(Cl)cc3)c2C2CCNCC2)c(Cl)c1. The number of nitrogens with one attached hydrogen (secondary N) is 2. The van der Waals surface area contributed by atoms with Crippen LogP contribution in [-0.2, 0) is 0 Å². The predicted molar refractivity (Wildman–Crippen MR) is 118 cm³/mol. The van der Waals surface area contributed by atoms with Crippen LogP contribution in [0, 0.1) is 6.92 Å². The third-order valence-electron chi connectivity index (χ3n) is 5.22. The zero-order chi connectivity index (χ0) is 20.4. The quantitative estimate of drug-likeness (QED) is 0.599. The first-order valence-electron chi connectivity index (χ1n) is 9.65. The van der Waals surface area contributed by atoms with Crippen LogP contribution in [0.1, 0.15) is 40.4 Å². The van der Waals surface area contributed by atoms with Crippen LogP contribution in [-0.4, -0.2) is 28.8 Å². The van der Waals surface area contributed by atoms with Gasteiger partial charge in [-0.15, -0.1) is 0 Å². The van der Waals surface area contributed by atoms with Crippen molar-refractivity contribution in [3.8, 4) is 5.69 Å². The lowest BCUT2D eigenvalue weighted by atomic mass is 9.91. The summed E-state index contributed by atoms with van der Waals surface area (Å²) in [4.78, 5) is 13.2. The Balaban J connectivity index is 1.72. The lowest BCUT2D eigenvalue weighted by Gasteiger charge is -2.24. The van der Waals surface area contributed by atoms with Gasteiger partial charge in [0.2, 0.25) is 0 Å². The lowest BCUT2D eigenvalue weighted by molar-refractivity contribution is 0.102. The summed E-state index contributed by atoms with van der Waals surface area (Å²) in [7, 11) is 0. The fourth-order valence-electron chi connectivity index (χ4n) is 3.72. The summed E-state index contributed by atoms with van der Waals surface area (Å²) in [5, 5.41) is 12.1. The van der Waals surface area contributed by atoms with Gasteiger partial charge in [-0.3, -0.25) is 4.79 Å². The normalized spacial score (nSPS) is 14.7. The van der Waals surface area contributed by atoms with E-state index in [9.17, 15) is 4.79 Å². The molecular formula is C22H22Cl2N4O. The first kappa shape index (κ1) is 20.0. The summed E-state index contributed by atoms with van der Waals surface area (Å²) in [5.74, 6) is 0.0353. The second kappa shape index (κ2) is 8.57. The Kier molecular flexibility index (Phi) is 5.90. The number of benzene rings is 2. The van der Waals surface area contributed by atoms with Crippen LogP contribution < -0.4 is 10.6 Å². The number of anilines is 1. The summed E-state index contributed by atoms with van der Waals surface area (Å²) in [5.41, 5.74) is 4.02. The summed E-state index contributed by atoms with van der Waals surface area (Å²) in [6, 6.07) is 13.1. The van der Waals surface area contributed by atoms with Gasteiger partial charge in [0, 0.05) is 10.9 Å². The van der Waals surface area contributed by atoms with E-state index in [4.69, 9.17) is 23.2 Å². The zero-order valence-electron chi connectivity index (χ0n) is 16.1. The van der Waals surface area contributed by atoms with E-state index in [0.29, 0.717) is 21.3 Å². The Labute approximate surface area is 180 Å². The molecule has 150 valence electrons. The second-order valence-electron chi connectivity index (χ2n) is 7.29. The standard InChI is InChI=1S/C22H22Cl2N4O/c1-14-2-7-20(19(24)12-14)27-22(29)18-13-26-28(17-5-3-16(23)4-6-17)21(18)15-8-10-25-11-9-15/h2-7,12-13,15,25H,8-11H2,1H3,(H,27,29). The van der Waals surface area contributed by atoms with Crippen molar-refractivity contribution in [1.29, 1.82) is 0 Å². The van der Waals surface area contributed by atoms with E-state index >= 15 is 0 Å². The molecule has 4 rings (SSSR count). The molecule has 1 aromatic heterocycles. The van der Waals surface area contributed by atoms with E-state index < -0.39 is 0 Å². The lowest BCUT2D eigenvalue weighted by Crippen LogP contribution is -2.29. The number of carbonyl (C=O) groups excluding carboxylic acids is 1. The molecule has 1 aliphatic rings. The largest absolute Gasteiger partial charge is 0.321 e. The van der Waals surface area contributed by atoms with Gasteiger partial charge < -0.3 is 10.6 Å². The third kappa shape index (κ3) is 4.32. The van der Waals surface area contributed by atoms with Crippen molar-refractivity contribution in [1.82, 2.24) is 15.1 Å². The van der Waals surface area contributed by atoms with Gasteiger partial charge >= 0.3 is 0 Å². The van der Waals surface area contributed by atoms with Crippen LogP contribution in [0.15, 0.2) is 48.7 Å². The number of aromatic nitrogens is 2. The van der Waals surface area contributed by atoms with E-state index in [-0.39, 0.29) is 11.8 Å². The molecule has 0 radical (unpaired) electrons. The minimum Gasteiger partial charge on any atom is -0.321 e. The minimum atomic E-state index is -0.204. The summed E-state index contributed by atoms with van der Waals surface area (Å²) in [6.45, 7) is 3.80. The molecule has 1 amide bonds. The first-order chi connectivity index (χ1) is 14.0. The van der Waals surface area contributed by atoms with E-state index in [2.05, 4.69) is 15.7 Å². The number of nitrogens with zero attached hydrogens (tertiary/aromatic N) is 2. The molecule has 0 aliphatic carbocycles. The van der Waals surface area contributed by atoms with Crippen molar-refractivity contribution in [3.05, 3.63) is 75.5 Å². The zero-order valence-corrected chi connectivity index (χ0v) is 17.6. The van der Waals surface area contributed by atoms with Crippen LogP contribution in [0.5, 0.6) is 0 Å². The topological polar surface area (TPSA) is 59.0 Å². The number of halogens is 2. The molecule has 0 bridgehead atoms. The molecule has 0 atom stereocenters. The summed E-state index contributed by atoms with van der Waals surface area (Å²) >= 11 is 12.4. The van der Waals surface area contributed by atoms with Crippen molar-refractivity contribution in [3.63, 3.8) is 0 Å². The highest BCUT2D eigenvalue weighted by Gasteiger charge is 2.27. The third-order valence-corrected chi connectivity index (χ3v) is 5.79. The van der Waals surface area contributed by atoms with E-state index in [0.717, 1.165) is 42.9 Å². The van der Waals surface area contributed by atoms with E-state index in [1.165, 1.54) is 0 Å². The Bertz CT molecular complexity index is 1020. The molecule has 1 fully saturated rings. The number of amides is 1. The molecular weight excluding hydrogens is 407 g/mol. The van der Waals surface area contributed by atoms with Crippen LogP contribution in [0.2, 0.25) is 10.0 Å². The van der Waals surface area contributed by atoms with Gasteiger partial charge in [-0.05, 0) is 74.8 Å². The molecule has 7 heteroatoms. The molecule has 3 aromatic rings. The minimum absolute atomic E-state index is 0.204. The molecule has 1 aliphatic heterocycles. The maximum Gasteiger partial charge on any atom is 0.259 e. The van der Waals surface area contributed by atoms with Crippen molar-refractivity contribution in [2.24, 2.45) is 0 Å². The molecule has 2 aromatic carbocycles. The average Bonchev–Trinajstić information content (AvgIpc) is 3.16. The first-order valence-corrected chi connectivity index (χ1v) is 10.4. The highest BCUT2D eigenvalue weighted by Crippen LogP contribution is 2.31. The van der Waals surface area contributed by atoms with Gasteiger partial charge in [0.05, 0.1) is 33.9 Å². The average molecular weight is 429 g/mol. The van der Waals surface area contributed by atoms with Gasteiger partial charge in [0.1, 0.15) is 0 Å². The van der Waals surface area contributed by atoms with Crippen molar-refractivity contribution in [2.75, 3.05) is 18.4 Å². The molecule has 0 unspecified atom stereocenters. The number of carbonyl (C=O) groups is 1. The highest BCUT2D eigenvalue weighted by molar-refractivity contribution is 6.34. The highest BCUT2D eigenvalue weighted by atomic mass is 35.5. The second-order valence-corrected chi connectivity index (χ2v) is 8.14. The fraction of sp³-hybridized carbons (Fsp3) is 0.273. The molecule has 1 saturated heterocycles. The predicted octanol–water partition coefficient (Wildman–Crippen LogP) is 5.21. The molecule has 0 saturated carbocycles. The van der Waals surface area contributed by atoms with E-state index in [1.807, 2.05) is 54.1 Å². The van der Waals surface area contributed by atoms with Gasteiger partial charge in [-0.2, -0.15) is 5.10 Å². The van der Waals surface area contributed by atoms with Gasteiger partial charge in [0.15, 0.2) is 0 Å². The van der Waals surface area contributed by atoms with Crippen molar-refractivity contribution >= 4 is 34.8 Å². The van der Waals surface area contributed by atoms with Gasteiger partial charge in [-0.1, -0.05) is 29.3 Å². The van der Waals surface area contributed by atoms with Gasteiger partial charge in [-0.25, -0.2) is 4.68 Å². The monoisotopic (exact) mass is 428 g/mol. The number of piperidine rings is 1. The Morgan fingerprint density at radius 2 is 1.86 bits per heavy atom. The number of hydrogen-bond acceptors (Lipinski definition) is 3. The molecule has 5 nitrogen and oxygen atoms in total. The maximum atomic E-state index is 13.2. The number of rotatable bonds is 4. The van der Waals surface area contributed by atoms with Crippen molar-refractivity contribution in [2.45, 2.75) is 25.7 Å². The Morgan fingerprint density at radius 1 is 1.14 bits per heavy atom. The fourth-order valence-corrected chi connectivity index (χ4v) is 4.13. The Hall–Kier alpha value is -2.34. The molecule has 0 spiro atoms. The van der Waals surface area contributed by atoms with Crippen LogP contribution in [0.4, 0.5) is 5.69 Å². The Morgan fingerprint density at radius 3 is 2.55 bits per heavy atom. The molecule has 2 N–H and O–H groups in total. The number of hydrogen-bond donors (Lipinski definition) is 2. The maximum absolute atomic E-state index is 13.2. The van der Waals surface area contributed by atoms with E-state index in [1.54, 1.807) is 6.20 Å². The molecule has 2 heterocycles. The van der Waals surface area contributed by atoms with Crippen LogP contribution in [0.25, 0.3) is 5.69 Å². The smallest absolute Gasteiger partial charge is 0.259 e. The molecule has 29 heavy (non-hydrogen) atoms. The van der Waals surface area contributed by atoms with Gasteiger partial charge in [0.25, 0.3) is 5.91 Å². The number of aryl methyl sites for hydroxylation is 1. The van der Waals surface area contributed by atoms with Crippen LogP contribution >= 0.6 is 23.2 Å².